The number of aryl methyl sites for hydroxylation is 1. The number of carboxylic acid groups (broad SMARTS) is 1. The van der Waals surface area contributed by atoms with Gasteiger partial charge >= 0.3 is 5.97 Å². The van der Waals surface area contributed by atoms with Crippen molar-refractivity contribution in [3.05, 3.63) is 52.8 Å². The third-order valence-electron chi connectivity index (χ3n) is 5.52. The highest BCUT2D eigenvalue weighted by Crippen LogP contribution is 2.32. The van der Waals surface area contributed by atoms with E-state index < -0.39 is 11.6 Å². The molecule has 6 heteroatoms. The fourth-order valence-electron chi connectivity index (χ4n) is 3.67. The summed E-state index contributed by atoms with van der Waals surface area (Å²) >= 11 is 0. The molecular weight excluding hydrogens is 344 g/mol. The van der Waals surface area contributed by atoms with Gasteiger partial charge in [-0.05, 0) is 38.7 Å². The Kier molecular flexibility index (Phi) is 5.87. The maximum atomic E-state index is 11.3. The number of ether oxygens (including phenoxy) is 1. The second-order valence-corrected chi connectivity index (χ2v) is 7.33. The average Bonchev–Trinajstić information content (AvgIpc) is 2.96. The van der Waals surface area contributed by atoms with Gasteiger partial charge in [-0.15, -0.1) is 0 Å². The van der Waals surface area contributed by atoms with Gasteiger partial charge in [-0.2, -0.15) is 0 Å². The number of nitrogens with one attached hydrogen (secondary N) is 1. The molecule has 1 fully saturated rings. The van der Waals surface area contributed by atoms with E-state index in [9.17, 15) is 15.0 Å². The lowest BCUT2D eigenvalue weighted by Gasteiger charge is -2.38. The Morgan fingerprint density at radius 1 is 1.22 bits per heavy atom. The molecule has 3 rings (SSSR count). The number of aliphatic hydroxyl groups is 1. The van der Waals surface area contributed by atoms with Gasteiger partial charge in [0.25, 0.3) is 0 Å². The van der Waals surface area contributed by atoms with E-state index in [2.05, 4.69) is 9.88 Å². The second-order valence-electron chi connectivity index (χ2n) is 7.33. The van der Waals surface area contributed by atoms with Crippen LogP contribution in [0.2, 0.25) is 0 Å². The molecule has 0 bridgehead atoms. The first-order valence-electron chi connectivity index (χ1n) is 9.46. The number of hydrogen-bond acceptors (Lipinski definition) is 4. The number of aromatic carboxylic acids is 1. The molecule has 3 N–H and O–H groups in total. The lowest BCUT2D eigenvalue weighted by molar-refractivity contribution is -0.0264. The average molecular weight is 372 g/mol. The van der Waals surface area contributed by atoms with Gasteiger partial charge in [-0.1, -0.05) is 30.3 Å². The van der Waals surface area contributed by atoms with Gasteiger partial charge in [-0.25, -0.2) is 4.79 Å². The normalized spacial score (nSPS) is 17.0. The van der Waals surface area contributed by atoms with E-state index in [1.165, 1.54) is 0 Å². The van der Waals surface area contributed by atoms with E-state index in [0.717, 1.165) is 55.7 Å². The topological polar surface area (TPSA) is 85.8 Å². The SMILES string of the molecule is Cc1[nH]c(C(=O)O)c(OCCCN2CCC(O)(c3ccccc3)CC2)c1C. The number of nitrogens with zero attached hydrogens (tertiary/aromatic N) is 1. The highest BCUT2D eigenvalue weighted by atomic mass is 16.5. The highest BCUT2D eigenvalue weighted by molar-refractivity contribution is 5.89. The highest BCUT2D eigenvalue weighted by Gasteiger charge is 2.33. The van der Waals surface area contributed by atoms with Crippen LogP contribution in [0.4, 0.5) is 0 Å². The summed E-state index contributed by atoms with van der Waals surface area (Å²) in [6.45, 7) is 6.73. The van der Waals surface area contributed by atoms with Crippen LogP contribution in [0, 0.1) is 13.8 Å². The van der Waals surface area contributed by atoms with Crippen LogP contribution in [0.25, 0.3) is 0 Å². The second kappa shape index (κ2) is 8.15. The minimum atomic E-state index is -1.00. The number of benzene rings is 1. The molecule has 1 aromatic heterocycles. The van der Waals surface area contributed by atoms with Crippen molar-refractivity contribution in [1.82, 2.24) is 9.88 Å². The monoisotopic (exact) mass is 372 g/mol. The van der Waals surface area contributed by atoms with E-state index >= 15 is 0 Å². The van der Waals surface area contributed by atoms with E-state index in [4.69, 9.17) is 4.74 Å². The number of likely N-dealkylation sites (tertiary alicyclic amines) is 1. The van der Waals surface area contributed by atoms with Crippen molar-refractivity contribution in [2.24, 2.45) is 0 Å². The number of H-pyrrole nitrogens is 1. The van der Waals surface area contributed by atoms with Gasteiger partial charge in [0.2, 0.25) is 0 Å². The zero-order valence-electron chi connectivity index (χ0n) is 16.0. The molecule has 146 valence electrons. The Bertz CT molecular complexity index is 777. The third kappa shape index (κ3) is 4.34. The number of hydrogen-bond donors (Lipinski definition) is 3. The number of aromatic amines is 1. The summed E-state index contributed by atoms with van der Waals surface area (Å²) in [5, 5.41) is 20.1. The smallest absolute Gasteiger partial charge is 0.356 e. The van der Waals surface area contributed by atoms with Crippen LogP contribution in [0.3, 0.4) is 0 Å². The number of carboxylic acids is 1. The lowest BCUT2D eigenvalue weighted by atomic mass is 9.84. The fourth-order valence-corrected chi connectivity index (χ4v) is 3.67. The molecule has 1 saturated heterocycles. The Labute approximate surface area is 159 Å². The van der Waals surface area contributed by atoms with E-state index in [1.807, 2.05) is 44.2 Å². The van der Waals surface area contributed by atoms with E-state index in [1.54, 1.807) is 0 Å². The van der Waals surface area contributed by atoms with Crippen molar-refractivity contribution in [3.8, 4) is 5.75 Å². The van der Waals surface area contributed by atoms with Crippen molar-refractivity contribution in [3.63, 3.8) is 0 Å². The predicted molar refractivity (Wildman–Crippen MR) is 103 cm³/mol. The minimum Gasteiger partial charge on any atom is -0.491 e. The minimum absolute atomic E-state index is 0.121. The summed E-state index contributed by atoms with van der Waals surface area (Å²) < 4.78 is 5.76. The van der Waals surface area contributed by atoms with E-state index in [-0.39, 0.29) is 5.69 Å². The first-order chi connectivity index (χ1) is 12.9. The van der Waals surface area contributed by atoms with Crippen molar-refractivity contribution in [1.29, 1.82) is 0 Å². The van der Waals surface area contributed by atoms with Crippen molar-refractivity contribution >= 4 is 5.97 Å². The number of piperidine rings is 1. The molecule has 0 aliphatic carbocycles. The Balaban J connectivity index is 1.46. The fraction of sp³-hybridized carbons (Fsp3) is 0.476. The molecule has 0 amide bonds. The zero-order valence-corrected chi connectivity index (χ0v) is 16.0. The van der Waals surface area contributed by atoms with Crippen molar-refractivity contribution < 1.29 is 19.7 Å². The summed E-state index contributed by atoms with van der Waals surface area (Å²) in [6.07, 6.45) is 2.25. The van der Waals surface area contributed by atoms with Gasteiger partial charge in [0.1, 0.15) is 0 Å². The lowest BCUT2D eigenvalue weighted by Crippen LogP contribution is -2.43. The van der Waals surface area contributed by atoms with Gasteiger partial charge in [0.15, 0.2) is 11.4 Å². The molecule has 2 aromatic rings. The maximum Gasteiger partial charge on any atom is 0.356 e. The van der Waals surface area contributed by atoms with Crippen LogP contribution in [-0.4, -0.2) is 52.3 Å². The quantitative estimate of drug-likeness (QED) is 0.650. The maximum absolute atomic E-state index is 11.3. The molecule has 1 aromatic carbocycles. The molecule has 0 radical (unpaired) electrons. The number of carbonyl (C=O) groups is 1. The zero-order chi connectivity index (χ0) is 19.4. The first-order valence-corrected chi connectivity index (χ1v) is 9.46. The molecule has 0 unspecified atom stereocenters. The summed E-state index contributed by atoms with van der Waals surface area (Å²) in [5.74, 6) is -0.561. The van der Waals surface area contributed by atoms with E-state index in [0.29, 0.717) is 12.4 Å². The summed E-state index contributed by atoms with van der Waals surface area (Å²) in [6, 6.07) is 9.88. The predicted octanol–water partition coefficient (Wildman–Crippen LogP) is 3.08. The number of aromatic nitrogens is 1. The molecule has 6 nitrogen and oxygen atoms in total. The standard InChI is InChI=1S/C21H28N2O4/c1-15-16(2)22-18(20(24)25)19(15)27-14-6-11-23-12-9-21(26,10-13-23)17-7-4-3-5-8-17/h3-5,7-8,22,26H,6,9-14H2,1-2H3,(H,24,25). The summed E-state index contributed by atoms with van der Waals surface area (Å²) in [4.78, 5) is 16.5. The van der Waals surface area contributed by atoms with Crippen LogP contribution in [-0.2, 0) is 5.60 Å². The molecular formula is C21H28N2O4. The van der Waals surface area contributed by atoms with Crippen LogP contribution in [0.1, 0.15) is 46.6 Å². The van der Waals surface area contributed by atoms with Crippen LogP contribution < -0.4 is 4.74 Å². The largest absolute Gasteiger partial charge is 0.491 e. The van der Waals surface area contributed by atoms with Crippen molar-refractivity contribution in [2.45, 2.75) is 38.7 Å². The third-order valence-corrected chi connectivity index (χ3v) is 5.52. The molecule has 1 aliphatic rings. The molecule has 2 heterocycles. The van der Waals surface area contributed by atoms with Crippen LogP contribution in [0.15, 0.2) is 30.3 Å². The van der Waals surface area contributed by atoms with Crippen LogP contribution in [0.5, 0.6) is 5.75 Å². The molecule has 0 spiro atoms. The molecule has 0 saturated carbocycles. The Morgan fingerprint density at radius 2 is 1.89 bits per heavy atom. The van der Waals surface area contributed by atoms with Crippen molar-refractivity contribution in [2.75, 3.05) is 26.2 Å². The molecule has 1 aliphatic heterocycles. The number of rotatable bonds is 7. The summed E-state index contributed by atoms with van der Waals surface area (Å²) in [7, 11) is 0. The van der Waals surface area contributed by atoms with Gasteiger partial charge in [-0.3, -0.25) is 0 Å². The van der Waals surface area contributed by atoms with Gasteiger partial charge in [0, 0.05) is 30.9 Å². The molecule has 27 heavy (non-hydrogen) atoms. The Morgan fingerprint density at radius 3 is 2.52 bits per heavy atom. The summed E-state index contributed by atoms with van der Waals surface area (Å²) in [5.41, 5.74) is 2.05. The van der Waals surface area contributed by atoms with Crippen LogP contribution >= 0.6 is 0 Å². The first kappa shape index (κ1) is 19.5. The Hall–Kier alpha value is -2.31. The molecule has 0 atom stereocenters. The van der Waals surface area contributed by atoms with Gasteiger partial charge in [0.05, 0.1) is 12.2 Å². The van der Waals surface area contributed by atoms with Gasteiger partial charge < -0.3 is 24.8 Å².